The molecular weight excluding hydrogens is 419 g/mol. The Morgan fingerprint density at radius 3 is 2.53 bits per heavy atom. The summed E-state index contributed by atoms with van der Waals surface area (Å²) in [7, 11) is 0. The number of aryl methyl sites for hydroxylation is 2. The van der Waals surface area contributed by atoms with Gasteiger partial charge in [-0.3, -0.25) is 4.79 Å². The second kappa shape index (κ2) is 7.82. The van der Waals surface area contributed by atoms with Crippen molar-refractivity contribution in [3.63, 3.8) is 0 Å². The summed E-state index contributed by atoms with van der Waals surface area (Å²) in [6, 6.07) is 0. The van der Waals surface area contributed by atoms with Gasteiger partial charge in [-0.25, -0.2) is 14.5 Å². The summed E-state index contributed by atoms with van der Waals surface area (Å²) in [4.78, 5) is 28.6. The van der Waals surface area contributed by atoms with E-state index in [0.29, 0.717) is 30.9 Å². The third-order valence-electron chi connectivity index (χ3n) is 5.21. The van der Waals surface area contributed by atoms with Gasteiger partial charge in [-0.05, 0) is 25.8 Å². The maximum absolute atomic E-state index is 12.9. The van der Waals surface area contributed by atoms with Crippen LogP contribution in [0.5, 0.6) is 0 Å². The molecule has 3 aromatic heterocycles. The molecular formula is C18H20F3N7OS. The largest absolute Gasteiger partial charge is 0.453 e. The van der Waals surface area contributed by atoms with Crippen molar-refractivity contribution in [2.45, 2.75) is 32.9 Å². The fourth-order valence-corrected chi connectivity index (χ4v) is 4.30. The average molecular weight is 439 g/mol. The molecule has 0 unspecified atom stereocenters. The zero-order valence-corrected chi connectivity index (χ0v) is 17.3. The highest BCUT2D eigenvalue weighted by atomic mass is 32.1. The number of thiazole rings is 1. The van der Waals surface area contributed by atoms with Crippen LogP contribution in [-0.4, -0.2) is 61.6 Å². The minimum absolute atomic E-state index is 0.0160. The van der Waals surface area contributed by atoms with E-state index >= 15 is 0 Å². The monoisotopic (exact) mass is 439 g/mol. The number of halogens is 3. The summed E-state index contributed by atoms with van der Waals surface area (Å²) in [5, 5.41) is 6.43. The van der Waals surface area contributed by atoms with Crippen LogP contribution < -0.4 is 4.90 Å². The zero-order chi connectivity index (χ0) is 21.5. The predicted octanol–water partition coefficient (Wildman–Crippen LogP) is 2.50. The van der Waals surface area contributed by atoms with Gasteiger partial charge in [0.1, 0.15) is 0 Å². The molecule has 8 nitrogen and oxygen atoms in total. The molecule has 160 valence electrons. The Bertz CT molecular complexity index is 1060. The van der Waals surface area contributed by atoms with Crippen LogP contribution in [-0.2, 0) is 17.4 Å². The van der Waals surface area contributed by atoms with Crippen LogP contribution in [0.3, 0.4) is 0 Å². The van der Waals surface area contributed by atoms with Crippen LogP contribution in [0, 0.1) is 13.8 Å². The molecule has 0 aromatic carbocycles. The van der Waals surface area contributed by atoms with E-state index < -0.39 is 12.0 Å². The number of hydrogen-bond donors (Lipinski definition) is 0. The van der Waals surface area contributed by atoms with Gasteiger partial charge in [0.05, 0.1) is 0 Å². The molecule has 1 aliphatic rings. The predicted molar refractivity (Wildman–Crippen MR) is 104 cm³/mol. The van der Waals surface area contributed by atoms with Gasteiger partial charge >= 0.3 is 6.18 Å². The number of anilines is 1. The molecule has 1 fully saturated rings. The second-order valence-electron chi connectivity index (χ2n) is 7.09. The average Bonchev–Trinajstić information content (AvgIpc) is 3.37. The molecule has 3 aromatic rings. The molecule has 1 amide bonds. The molecule has 0 aliphatic carbocycles. The van der Waals surface area contributed by atoms with Crippen LogP contribution in [0.15, 0.2) is 11.6 Å². The molecule has 12 heteroatoms. The lowest BCUT2D eigenvalue weighted by Gasteiger charge is -2.34. The van der Waals surface area contributed by atoms with E-state index in [1.54, 1.807) is 31.4 Å². The summed E-state index contributed by atoms with van der Waals surface area (Å²) < 4.78 is 39.8. The zero-order valence-electron chi connectivity index (χ0n) is 16.5. The molecule has 1 aliphatic heterocycles. The van der Waals surface area contributed by atoms with E-state index in [1.807, 2.05) is 10.3 Å². The van der Waals surface area contributed by atoms with E-state index in [2.05, 4.69) is 25.0 Å². The first kappa shape index (κ1) is 20.5. The lowest BCUT2D eigenvalue weighted by atomic mass is 10.1. The van der Waals surface area contributed by atoms with E-state index in [-0.39, 0.29) is 18.1 Å². The number of fused-ring (bicyclic) bond motifs is 1. The minimum atomic E-state index is -4.63. The summed E-state index contributed by atoms with van der Waals surface area (Å²) in [5.74, 6) is -1.29. The number of piperazine rings is 1. The maximum Gasteiger partial charge on any atom is 0.453 e. The Labute approximate surface area is 174 Å². The van der Waals surface area contributed by atoms with Crippen molar-refractivity contribution in [1.82, 2.24) is 29.5 Å². The minimum Gasteiger partial charge on any atom is -0.345 e. The number of carbonyl (C=O) groups excluding carboxylic acids is 1. The Hall–Kier alpha value is -2.76. The van der Waals surface area contributed by atoms with Crippen molar-refractivity contribution in [3.05, 3.63) is 34.4 Å². The molecule has 30 heavy (non-hydrogen) atoms. The van der Waals surface area contributed by atoms with Gasteiger partial charge in [0.2, 0.25) is 5.91 Å². The second-order valence-corrected chi connectivity index (χ2v) is 7.96. The van der Waals surface area contributed by atoms with Crippen LogP contribution >= 0.6 is 11.3 Å². The fraction of sp³-hybridized carbons (Fsp3) is 0.500. The number of carbonyl (C=O) groups is 1. The Morgan fingerprint density at radius 1 is 1.17 bits per heavy atom. The SMILES string of the molecule is Cc1nc2nc(C(F)(F)F)nn2c(C)c1CCC(=O)N1CCN(c2nccs2)CC1. The molecule has 1 saturated heterocycles. The molecule has 0 spiro atoms. The topological polar surface area (TPSA) is 79.5 Å². The maximum atomic E-state index is 12.9. The Balaban J connectivity index is 1.42. The summed E-state index contributed by atoms with van der Waals surface area (Å²) in [6.45, 7) is 6.07. The summed E-state index contributed by atoms with van der Waals surface area (Å²) in [5.41, 5.74) is 1.79. The van der Waals surface area contributed by atoms with Crippen molar-refractivity contribution in [2.24, 2.45) is 0 Å². The van der Waals surface area contributed by atoms with Crippen molar-refractivity contribution in [3.8, 4) is 0 Å². The number of hydrogen-bond acceptors (Lipinski definition) is 7. The third kappa shape index (κ3) is 3.95. The summed E-state index contributed by atoms with van der Waals surface area (Å²) >= 11 is 1.57. The number of alkyl halides is 3. The molecule has 0 radical (unpaired) electrons. The number of amides is 1. The first-order valence-corrected chi connectivity index (χ1v) is 10.3. The van der Waals surface area contributed by atoms with Gasteiger partial charge in [-0.2, -0.15) is 18.2 Å². The molecule has 0 N–H and O–H groups in total. The molecule has 0 atom stereocenters. The van der Waals surface area contributed by atoms with E-state index in [1.165, 1.54) is 0 Å². The molecule has 4 heterocycles. The van der Waals surface area contributed by atoms with Crippen LogP contribution in [0.25, 0.3) is 5.78 Å². The Kier molecular flexibility index (Phi) is 5.35. The van der Waals surface area contributed by atoms with Crippen molar-refractivity contribution >= 4 is 28.2 Å². The fourth-order valence-electron chi connectivity index (χ4n) is 3.60. The standard InChI is InChI=1S/C18H20F3N7OS/c1-11-13(12(2)28-16(23-11)24-15(25-28)18(19,20)21)3-4-14(29)26-6-8-27(9-7-26)17-22-5-10-30-17/h5,10H,3-4,6-9H2,1-2H3. The normalized spacial score (nSPS) is 15.2. The quantitative estimate of drug-likeness (QED) is 0.622. The van der Waals surface area contributed by atoms with E-state index in [9.17, 15) is 18.0 Å². The highest BCUT2D eigenvalue weighted by molar-refractivity contribution is 7.13. The van der Waals surface area contributed by atoms with Gasteiger partial charge in [0.25, 0.3) is 11.6 Å². The van der Waals surface area contributed by atoms with Gasteiger partial charge in [-0.1, -0.05) is 0 Å². The van der Waals surface area contributed by atoms with Gasteiger partial charge in [0.15, 0.2) is 5.13 Å². The lowest BCUT2D eigenvalue weighted by molar-refractivity contribution is -0.144. The highest BCUT2D eigenvalue weighted by Crippen LogP contribution is 2.27. The first-order valence-electron chi connectivity index (χ1n) is 9.46. The Morgan fingerprint density at radius 2 is 1.90 bits per heavy atom. The van der Waals surface area contributed by atoms with Crippen LogP contribution in [0.1, 0.15) is 29.2 Å². The first-order chi connectivity index (χ1) is 14.2. The molecule has 0 saturated carbocycles. The summed E-state index contributed by atoms with van der Waals surface area (Å²) in [6.07, 6.45) is -2.23. The van der Waals surface area contributed by atoms with E-state index in [0.717, 1.165) is 28.3 Å². The van der Waals surface area contributed by atoms with Crippen LogP contribution in [0.2, 0.25) is 0 Å². The lowest BCUT2D eigenvalue weighted by Crippen LogP contribution is -2.48. The molecule has 0 bridgehead atoms. The number of aromatic nitrogens is 5. The number of nitrogens with zero attached hydrogens (tertiary/aromatic N) is 7. The van der Waals surface area contributed by atoms with Crippen molar-refractivity contribution < 1.29 is 18.0 Å². The van der Waals surface area contributed by atoms with E-state index in [4.69, 9.17) is 0 Å². The third-order valence-corrected chi connectivity index (χ3v) is 6.05. The van der Waals surface area contributed by atoms with Gasteiger partial charge in [-0.15, -0.1) is 16.4 Å². The highest BCUT2D eigenvalue weighted by Gasteiger charge is 2.37. The van der Waals surface area contributed by atoms with Gasteiger partial charge < -0.3 is 9.80 Å². The van der Waals surface area contributed by atoms with Gasteiger partial charge in [0, 0.05) is 55.6 Å². The smallest absolute Gasteiger partial charge is 0.345 e. The van der Waals surface area contributed by atoms with Crippen molar-refractivity contribution in [1.29, 1.82) is 0 Å². The van der Waals surface area contributed by atoms with Crippen molar-refractivity contribution in [2.75, 3.05) is 31.1 Å². The number of rotatable bonds is 4. The van der Waals surface area contributed by atoms with Crippen LogP contribution in [0.4, 0.5) is 18.3 Å². The molecule has 4 rings (SSSR count).